The van der Waals surface area contributed by atoms with Crippen molar-refractivity contribution in [1.82, 2.24) is 9.97 Å². The summed E-state index contributed by atoms with van der Waals surface area (Å²) in [6.07, 6.45) is -0.375. The van der Waals surface area contributed by atoms with Crippen LogP contribution in [0.2, 0.25) is 0 Å². The van der Waals surface area contributed by atoms with Crippen molar-refractivity contribution in [2.24, 2.45) is 5.16 Å². The first-order chi connectivity index (χ1) is 11.9. The van der Waals surface area contributed by atoms with E-state index < -0.39 is 18.6 Å². The molecule has 3 rings (SSSR count). The molecule has 1 aromatic heterocycles. The molecule has 4 N–H and O–H groups in total. The van der Waals surface area contributed by atoms with Crippen LogP contribution < -0.4 is 4.90 Å². The van der Waals surface area contributed by atoms with E-state index in [0.29, 0.717) is 22.8 Å². The molecule has 25 heavy (non-hydrogen) atoms. The lowest BCUT2D eigenvalue weighted by Gasteiger charge is -2.32. The zero-order valence-electron chi connectivity index (χ0n) is 12.9. The lowest BCUT2D eigenvalue weighted by Crippen LogP contribution is -2.49. The third kappa shape index (κ3) is 3.88. The van der Waals surface area contributed by atoms with Gasteiger partial charge in [0.2, 0.25) is 5.95 Å². The first-order valence-electron chi connectivity index (χ1n) is 7.24. The van der Waals surface area contributed by atoms with Crippen LogP contribution in [0.5, 0.6) is 0 Å². The van der Waals surface area contributed by atoms with E-state index in [2.05, 4.69) is 20.0 Å². The zero-order chi connectivity index (χ0) is 18.0. The van der Waals surface area contributed by atoms with Gasteiger partial charge < -0.3 is 30.2 Å². The molecule has 1 fully saturated rings. The van der Waals surface area contributed by atoms with Crippen LogP contribution >= 0.6 is 0 Å². The molecule has 9 nitrogen and oxygen atoms in total. The lowest BCUT2D eigenvalue weighted by atomic mass is 10.1. The molecule has 1 aliphatic heterocycles. The van der Waals surface area contributed by atoms with E-state index >= 15 is 0 Å². The van der Waals surface area contributed by atoms with Crippen molar-refractivity contribution in [2.45, 2.75) is 12.8 Å². The van der Waals surface area contributed by atoms with Crippen molar-refractivity contribution in [2.75, 3.05) is 18.0 Å². The maximum atomic E-state index is 14.2. The fourth-order valence-electron chi connectivity index (χ4n) is 2.27. The summed E-state index contributed by atoms with van der Waals surface area (Å²) in [5.74, 6) is -0.137. The van der Waals surface area contributed by atoms with Crippen LogP contribution in [0.25, 0.3) is 11.1 Å². The third-order valence-corrected chi connectivity index (χ3v) is 3.53. The second-order valence-electron chi connectivity index (χ2n) is 5.39. The quantitative estimate of drug-likeness (QED) is 0.421. The van der Waals surface area contributed by atoms with Crippen LogP contribution in [0.15, 0.2) is 35.7 Å². The summed E-state index contributed by atoms with van der Waals surface area (Å²) in [7, 11) is 0. The fourth-order valence-corrected chi connectivity index (χ4v) is 2.27. The minimum Gasteiger partial charge on any atom is -0.392 e. The first kappa shape index (κ1) is 17.2. The number of aliphatic hydroxyl groups excluding tert-OH is 1. The number of hydrogen-bond acceptors (Lipinski definition) is 9. The van der Waals surface area contributed by atoms with Crippen molar-refractivity contribution >= 4 is 11.7 Å². The van der Waals surface area contributed by atoms with E-state index in [1.165, 1.54) is 18.5 Å². The second kappa shape index (κ2) is 6.69. The SMILES string of the molecule is OCc1cccc(-c2cnc(N3CC(=NOC(O)(O)O)C3)nc2)c1F. The number of anilines is 1. The monoisotopic (exact) mass is 350 g/mol. The fraction of sp³-hybridized carbons (Fsp3) is 0.267. The Morgan fingerprint density at radius 2 is 1.88 bits per heavy atom. The summed E-state index contributed by atoms with van der Waals surface area (Å²) >= 11 is 0. The lowest BCUT2D eigenvalue weighted by molar-refractivity contribution is -0.455. The molecule has 0 aliphatic carbocycles. The molecule has 0 radical (unpaired) electrons. The van der Waals surface area contributed by atoms with E-state index in [1.54, 1.807) is 17.0 Å². The number of rotatable bonds is 5. The highest BCUT2D eigenvalue weighted by atomic mass is 19.1. The van der Waals surface area contributed by atoms with Crippen LogP contribution in [0.1, 0.15) is 5.56 Å². The number of hydrogen-bond donors (Lipinski definition) is 4. The molecule has 2 aromatic rings. The maximum Gasteiger partial charge on any atom is 0.473 e. The van der Waals surface area contributed by atoms with E-state index in [9.17, 15) is 4.39 Å². The Bertz CT molecular complexity index is 783. The van der Waals surface area contributed by atoms with Gasteiger partial charge in [0.1, 0.15) is 5.82 Å². The van der Waals surface area contributed by atoms with Gasteiger partial charge in [-0.3, -0.25) is 0 Å². The number of aliphatic hydroxyl groups is 4. The smallest absolute Gasteiger partial charge is 0.392 e. The van der Waals surface area contributed by atoms with Crippen molar-refractivity contribution in [3.8, 4) is 11.1 Å². The van der Waals surface area contributed by atoms with Gasteiger partial charge in [0.05, 0.1) is 25.4 Å². The van der Waals surface area contributed by atoms with Gasteiger partial charge in [0.25, 0.3) is 0 Å². The summed E-state index contributed by atoms with van der Waals surface area (Å²) in [5.41, 5.74) is 1.41. The molecular weight excluding hydrogens is 335 g/mol. The van der Waals surface area contributed by atoms with Gasteiger partial charge in [0.15, 0.2) is 0 Å². The third-order valence-electron chi connectivity index (χ3n) is 3.53. The Morgan fingerprint density at radius 3 is 2.48 bits per heavy atom. The topological polar surface area (TPSA) is 132 Å². The largest absolute Gasteiger partial charge is 0.473 e. The minimum atomic E-state index is -3.31. The van der Waals surface area contributed by atoms with E-state index in [4.69, 9.17) is 20.4 Å². The molecule has 0 amide bonds. The number of halogens is 1. The molecule has 0 atom stereocenters. The predicted octanol–water partition coefficient (Wildman–Crippen LogP) is -0.444. The predicted molar refractivity (Wildman–Crippen MR) is 83.5 cm³/mol. The normalized spacial score (nSPS) is 14.3. The van der Waals surface area contributed by atoms with Gasteiger partial charge in [-0.15, -0.1) is 0 Å². The van der Waals surface area contributed by atoms with Gasteiger partial charge in [-0.25, -0.2) is 14.4 Å². The Labute approximate surface area is 141 Å². The van der Waals surface area contributed by atoms with Crippen LogP contribution in [-0.4, -0.2) is 55.4 Å². The Balaban J connectivity index is 1.68. The van der Waals surface area contributed by atoms with Gasteiger partial charge in [-0.05, 0) is 0 Å². The van der Waals surface area contributed by atoms with Crippen molar-refractivity contribution in [1.29, 1.82) is 0 Å². The van der Waals surface area contributed by atoms with E-state index in [0.717, 1.165) is 0 Å². The van der Waals surface area contributed by atoms with Gasteiger partial charge in [-0.1, -0.05) is 23.4 Å². The summed E-state index contributed by atoms with van der Waals surface area (Å²) in [6, 6.07) is 4.71. The number of nitrogens with zero attached hydrogens (tertiary/aromatic N) is 4. The molecule has 1 aromatic carbocycles. The first-order valence-corrected chi connectivity index (χ1v) is 7.24. The molecule has 0 spiro atoms. The number of benzene rings is 1. The molecule has 10 heteroatoms. The molecule has 2 heterocycles. The van der Waals surface area contributed by atoms with E-state index in [1.807, 2.05) is 0 Å². The maximum absolute atomic E-state index is 14.2. The highest BCUT2D eigenvalue weighted by Crippen LogP contribution is 2.25. The zero-order valence-corrected chi connectivity index (χ0v) is 12.9. The van der Waals surface area contributed by atoms with Crippen LogP contribution in [0.3, 0.4) is 0 Å². The molecule has 132 valence electrons. The van der Waals surface area contributed by atoms with Crippen LogP contribution in [0.4, 0.5) is 10.3 Å². The summed E-state index contributed by atoms with van der Waals surface area (Å²) < 4.78 is 14.2. The highest BCUT2D eigenvalue weighted by molar-refractivity contribution is 5.98. The van der Waals surface area contributed by atoms with Gasteiger partial charge in [-0.2, -0.15) is 0 Å². The molecular formula is C15H15FN4O5. The number of oxime groups is 1. The molecule has 0 bridgehead atoms. The Kier molecular flexibility index (Phi) is 4.59. The van der Waals surface area contributed by atoms with Crippen molar-refractivity contribution in [3.05, 3.63) is 42.0 Å². The van der Waals surface area contributed by atoms with Crippen LogP contribution in [-0.2, 0) is 11.4 Å². The average Bonchev–Trinajstić information content (AvgIpc) is 2.53. The summed E-state index contributed by atoms with van der Waals surface area (Å²) in [5, 5.41) is 38.2. The molecule has 1 saturated heterocycles. The van der Waals surface area contributed by atoms with Gasteiger partial charge >= 0.3 is 6.16 Å². The second-order valence-corrected chi connectivity index (χ2v) is 5.39. The molecule has 1 aliphatic rings. The summed E-state index contributed by atoms with van der Waals surface area (Å²) in [6.45, 7) is 0.168. The van der Waals surface area contributed by atoms with Crippen molar-refractivity contribution < 1.29 is 29.7 Å². The average molecular weight is 350 g/mol. The standard InChI is InChI=1S/C15H15FN4O5/c16-13-9(8-21)2-1-3-12(13)10-4-17-14(18-5-10)20-6-11(7-20)19-25-15(22,23)24/h1-5,21-24H,6-8H2. The number of aromatic nitrogens is 2. The van der Waals surface area contributed by atoms with Gasteiger partial charge in [0, 0.05) is 29.1 Å². The van der Waals surface area contributed by atoms with Crippen molar-refractivity contribution in [3.63, 3.8) is 0 Å². The highest BCUT2D eigenvalue weighted by Gasteiger charge is 2.27. The van der Waals surface area contributed by atoms with E-state index in [-0.39, 0.29) is 18.7 Å². The minimum absolute atomic E-state index is 0.192. The molecule has 0 unspecified atom stereocenters. The van der Waals surface area contributed by atoms with Crippen LogP contribution in [0, 0.1) is 5.82 Å². The Hall–Kier alpha value is -2.66. The summed E-state index contributed by atoms with van der Waals surface area (Å²) in [4.78, 5) is 14.1. The Morgan fingerprint density at radius 1 is 1.20 bits per heavy atom. The molecule has 0 saturated carbocycles.